The summed E-state index contributed by atoms with van der Waals surface area (Å²) in [6, 6.07) is 29.4. The van der Waals surface area contributed by atoms with E-state index in [-0.39, 0.29) is 0 Å². The molecule has 0 unspecified atom stereocenters. The average molecular weight is 319 g/mol. The smallest absolute Gasteiger partial charge is 0.0998 e. The minimum Gasteiger partial charge on any atom is -0.192 e. The molecule has 0 saturated carbocycles. The van der Waals surface area contributed by atoms with Gasteiger partial charge in [-0.25, -0.2) is 0 Å². The predicted molar refractivity (Wildman–Crippen MR) is 106 cm³/mol. The van der Waals surface area contributed by atoms with Crippen LogP contribution in [0.3, 0.4) is 0 Å². The first-order chi connectivity index (χ1) is 12.3. The molecule has 25 heavy (non-hydrogen) atoms. The summed E-state index contributed by atoms with van der Waals surface area (Å²) in [5, 5.41) is 14.5. The molecule has 4 aromatic rings. The lowest BCUT2D eigenvalue weighted by molar-refractivity contribution is 1.45. The molecular formula is C24H17N. The molecule has 1 nitrogen and oxygen atoms in total. The lowest BCUT2D eigenvalue weighted by Gasteiger charge is -2.09. The van der Waals surface area contributed by atoms with E-state index in [0.717, 1.165) is 16.7 Å². The van der Waals surface area contributed by atoms with Crippen molar-refractivity contribution in [1.29, 1.82) is 5.26 Å². The van der Waals surface area contributed by atoms with E-state index in [0.29, 0.717) is 5.57 Å². The largest absolute Gasteiger partial charge is 0.192 e. The molecule has 0 saturated heterocycles. The Morgan fingerprint density at radius 1 is 0.800 bits per heavy atom. The van der Waals surface area contributed by atoms with Crippen molar-refractivity contribution in [2.75, 3.05) is 0 Å². The van der Waals surface area contributed by atoms with E-state index >= 15 is 0 Å². The van der Waals surface area contributed by atoms with Crippen LogP contribution in [0, 0.1) is 18.3 Å². The SMILES string of the molecule is Cc1cccc(C(C#N)=Cc2c3ccccc3cc3ccccc23)c1. The van der Waals surface area contributed by atoms with E-state index in [1.165, 1.54) is 21.5 Å². The highest BCUT2D eigenvalue weighted by Gasteiger charge is 2.08. The zero-order valence-electron chi connectivity index (χ0n) is 14.0. The van der Waals surface area contributed by atoms with E-state index in [9.17, 15) is 5.26 Å². The Bertz CT molecular complexity index is 1110. The molecule has 4 aromatic carbocycles. The molecule has 1 heteroatoms. The molecule has 0 radical (unpaired) electrons. The van der Waals surface area contributed by atoms with Crippen LogP contribution in [0.2, 0.25) is 0 Å². The molecule has 0 fully saturated rings. The summed E-state index contributed by atoms with van der Waals surface area (Å²) in [5.74, 6) is 0. The minimum absolute atomic E-state index is 0.685. The molecule has 0 aliphatic carbocycles. The maximum atomic E-state index is 9.76. The van der Waals surface area contributed by atoms with Crippen LogP contribution in [0.5, 0.6) is 0 Å². The van der Waals surface area contributed by atoms with E-state index in [1.54, 1.807) is 0 Å². The molecule has 4 rings (SSSR count). The molecule has 0 spiro atoms. The maximum Gasteiger partial charge on any atom is 0.0998 e. The fourth-order valence-corrected chi connectivity index (χ4v) is 3.34. The van der Waals surface area contributed by atoms with Crippen molar-refractivity contribution in [3.05, 3.63) is 95.6 Å². The van der Waals surface area contributed by atoms with Crippen molar-refractivity contribution in [2.24, 2.45) is 0 Å². The van der Waals surface area contributed by atoms with Crippen LogP contribution < -0.4 is 0 Å². The fraction of sp³-hybridized carbons (Fsp3) is 0.0417. The quantitative estimate of drug-likeness (QED) is 0.239. The third-order valence-electron chi connectivity index (χ3n) is 4.55. The van der Waals surface area contributed by atoms with Gasteiger partial charge in [0.2, 0.25) is 0 Å². The van der Waals surface area contributed by atoms with Crippen LogP contribution in [0.25, 0.3) is 33.2 Å². The molecule has 0 heterocycles. The topological polar surface area (TPSA) is 23.8 Å². The number of nitrogens with zero attached hydrogens (tertiary/aromatic N) is 1. The molecule has 0 N–H and O–H groups in total. The number of benzene rings is 4. The van der Waals surface area contributed by atoms with Crippen LogP contribution in [0.4, 0.5) is 0 Å². The number of hydrogen-bond donors (Lipinski definition) is 0. The molecule has 0 atom stereocenters. The summed E-state index contributed by atoms with van der Waals surface area (Å²) in [4.78, 5) is 0. The summed E-state index contributed by atoms with van der Waals surface area (Å²) in [5.41, 5.74) is 3.90. The summed E-state index contributed by atoms with van der Waals surface area (Å²) >= 11 is 0. The van der Waals surface area contributed by atoms with Crippen molar-refractivity contribution < 1.29 is 0 Å². The Hall–Kier alpha value is -3.37. The third kappa shape index (κ3) is 2.79. The first kappa shape index (κ1) is 15.2. The first-order valence-electron chi connectivity index (χ1n) is 8.35. The van der Waals surface area contributed by atoms with Gasteiger partial charge in [-0.3, -0.25) is 0 Å². The summed E-state index contributed by atoms with van der Waals surface area (Å²) in [6.07, 6.45) is 2.03. The van der Waals surface area contributed by atoms with E-state index < -0.39 is 0 Å². The van der Waals surface area contributed by atoms with Crippen molar-refractivity contribution in [2.45, 2.75) is 6.92 Å². The zero-order chi connectivity index (χ0) is 17.2. The number of hydrogen-bond acceptors (Lipinski definition) is 1. The number of allylic oxidation sites excluding steroid dienone is 1. The van der Waals surface area contributed by atoms with Crippen molar-refractivity contribution >= 4 is 33.2 Å². The Morgan fingerprint density at radius 2 is 1.44 bits per heavy atom. The number of aryl methyl sites for hydroxylation is 1. The Morgan fingerprint density at radius 3 is 2.04 bits per heavy atom. The van der Waals surface area contributed by atoms with Gasteiger partial charge in [-0.05, 0) is 51.7 Å². The monoisotopic (exact) mass is 319 g/mol. The van der Waals surface area contributed by atoms with E-state index in [1.807, 2.05) is 43.3 Å². The minimum atomic E-state index is 0.685. The summed E-state index contributed by atoms with van der Waals surface area (Å²) < 4.78 is 0. The van der Waals surface area contributed by atoms with Crippen LogP contribution in [0.1, 0.15) is 16.7 Å². The van der Waals surface area contributed by atoms with Crippen LogP contribution in [0.15, 0.2) is 78.9 Å². The standard InChI is InChI=1S/C24H17N/c1-17-7-6-10-18(13-17)21(16-25)15-24-22-11-4-2-8-19(22)14-20-9-3-5-12-23(20)24/h2-15H,1H3. The summed E-state index contributed by atoms with van der Waals surface area (Å²) in [6.45, 7) is 2.05. The van der Waals surface area contributed by atoms with Gasteiger partial charge in [0.15, 0.2) is 0 Å². The molecule has 0 aliphatic rings. The Kier molecular flexibility index (Phi) is 3.80. The molecular weight excluding hydrogens is 302 g/mol. The Labute approximate surface area is 147 Å². The number of rotatable bonds is 2. The molecule has 118 valence electrons. The predicted octanol–water partition coefficient (Wildman–Crippen LogP) is 6.37. The number of fused-ring (bicyclic) bond motifs is 2. The molecule has 0 aliphatic heterocycles. The highest BCUT2D eigenvalue weighted by Crippen LogP contribution is 2.31. The van der Waals surface area contributed by atoms with E-state index in [4.69, 9.17) is 0 Å². The maximum absolute atomic E-state index is 9.76. The Balaban J connectivity index is 2.05. The zero-order valence-corrected chi connectivity index (χ0v) is 14.0. The average Bonchev–Trinajstić information content (AvgIpc) is 2.65. The normalized spacial score (nSPS) is 11.6. The van der Waals surface area contributed by atoms with Crippen LogP contribution in [-0.4, -0.2) is 0 Å². The van der Waals surface area contributed by atoms with Gasteiger partial charge in [-0.1, -0.05) is 78.4 Å². The van der Waals surface area contributed by atoms with Crippen molar-refractivity contribution in [3.8, 4) is 6.07 Å². The van der Waals surface area contributed by atoms with Crippen LogP contribution >= 0.6 is 0 Å². The lowest BCUT2D eigenvalue weighted by atomic mass is 9.94. The highest BCUT2D eigenvalue weighted by molar-refractivity contribution is 6.10. The fourth-order valence-electron chi connectivity index (χ4n) is 3.34. The second kappa shape index (κ2) is 6.26. The first-order valence-corrected chi connectivity index (χ1v) is 8.35. The van der Waals surface area contributed by atoms with Crippen molar-refractivity contribution in [1.82, 2.24) is 0 Å². The second-order valence-corrected chi connectivity index (χ2v) is 6.27. The van der Waals surface area contributed by atoms with Gasteiger partial charge in [-0.15, -0.1) is 0 Å². The van der Waals surface area contributed by atoms with Crippen molar-refractivity contribution in [3.63, 3.8) is 0 Å². The second-order valence-electron chi connectivity index (χ2n) is 6.27. The van der Waals surface area contributed by atoms with Gasteiger partial charge in [0.25, 0.3) is 0 Å². The van der Waals surface area contributed by atoms with Gasteiger partial charge in [0.1, 0.15) is 0 Å². The lowest BCUT2D eigenvalue weighted by Crippen LogP contribution is -1.87. The third-order valence-corrected chi connectivity index (χ3v) is 4.55. The van der Waals surface area contributed by atoms with Gasteiger partial charge in [0.05, 0.1) is 11.6 Å². The van der Waals surface area contributed by atoms with E-state index in [2.05, 4.69) is 54.6 Å². The number of nitriles is 1. The highest BCUT2D eigenvalue weighted by atomic mass is 14.3. The molecule has 0 aromatic heterocycles. The van der Waals surface area contributed by atoms with Gasteiger partial charge < -0.3 is 0 Å². The van der Waals surface area contributed by atoms with Crippen LogP contribution in [-0.2, 0) is 0 Å². The molecule has 0 amide bonds. The van der Waals surface area contributed by atoms with Gasteiger partial charge in [-0.2, -0.15) is 5.26 Å². The summed E-state index contributed by atoms with van der Waals surface area (Å²) in [7, 11) is 0. The van der Waals surface area contributed by atoms with Gasteiger partial charge in [0, 0.05) is 0 Å². The molecule has 0 bridgehead atoms. The van der Waals surface area contributed by atoms with Gasteiger partial charge >= 0.3 is 0 Å².